The number of rotatable bonds is 5. The van der Waals surface area contributed by atoms with E-state index in [1.807, 2.05) is 0 Å². The minimum Gasteiger partial charge on any atom is -0.311 e. The summed E-state index contributed by atoms with van der Waals surface area (Å²) < 4.78 is 0. The maximum atomic E-state index is 2.62. The van der Waals surface area contributed by atoms with Crippen molar-refractivity contribution in [2.75, 3.05) is 9.80 Å². The van der Waals surface area contributed by atoms with Crippen LogP contribution in [0, 0.1) is 0 Å². The molecule has 0 radical (unpaired) electrons. The topological polar surface area (TPSA) is 6.48 Å². The molecule has 0 bridgehead atoms. The van der Waals surface area contributed by atoms with Crippen molar-refractivity contribution in [1.29, 1.82) is 0 Å². The normalized spacial score (nSPS) is 16.1. The molecule has 5 aromatic carbocycles. The summed E-state index contributed by atoms with van der Waals surface area (Å²) in [5.74, 6) is 0.600. The molecular weight excluding hydrogens is 599 g/mol. The van der Waals surface area contributed by atoms with Crippen molar-refractivity contribution in [2.45, 2.75) is 77.3 Å². The molecule has 47 heavy (non-hydrogen) atoms. The van der Waals surface area contributed by atoms with Gasteiger partial charge in [0.1, 0.15) is 0 Å². The highest BCUT2D eigenvalue weighted by Crippen LogP contribution is 2.46. The first-order valence-corrected chi connectivity index (χ1v) is 24.8. The van der Waals surface area contributed by atoms with Crippen molar-refractivity contribution >= 4 is 83.7 Å². The van der Waals surface area contributed by atoms with Crippen LogP contribution in [0.5, 0.6) is 0 Å². The Morgan fingerprint density at radius 2 is 0.979 bits per heavy atom. The Morgan fingerprint density at radius 3 is 1.45 bits per heavy atom. The molecule has 236 valence electrons. The summed E-state index contributed by atoms with van der Waals surface area (Å²) in [5, 5.41) is 3.00. The van der Waals surface area contributed by atoms with Crippen molar-refractivity contribution < 1.29 is 0 Å². The second-order valence-corrected chi connectivity index (χ2v) is 26.3. The Hall–Kier alpha value is -3.80. The second-order valence-electron chi connectivity index (χ2n) is 16.1. The van der Waals surface area contributed by atoms with Gasteiger partial charge in [0.15, 0.2) is 0 Å². The van der Waals surface area contributed by atoms with Crippen LogP contribution >= 0.6 is 0 Å². The highest BCUT2D eigenvalue weighted by molar-refractivity contribution is 7.00. The minimum absolute atomic E-state index is 0.181. The standard InChI is InChI=1S/C42H47BN2Si2/c1-46(2,3)34-20-14-18-32(28-34)44-38-24-12-10-22-36(38)43-37-23-11-13-25-39(37)45(33-19-15-21-35(29-33)47(4,5)6)41-27-31(26-40(44)42(41)43)30-16-8-7-9-17-30/h10-15,18-30H,7-9,16-17H2,1-6H3. The molecule has 0 atom stereocenters. The second kappa shape index (κ2) is 11.4. The molecule has 0 amide bonds. The van der Waals surface area contributed by atoms with Crippen molar-refractivity contribution in [3.8, 4) is 0 Å². The Kier molecular flexibility index (Phi) is 7.42. The lowest BCUT2D eigenvalue weighted by molar-refractivity contribution is 0.444. The Morgan fingerprint density at radius 1 is 0.511 bits per heavy atom. The van der Waals surface area contributed by atoms with Gasteiger partial charge in [-0.25, -0.2) is 0 Å². The molecule has 1 saturated carbocycles. The molecule has 5 heteroatoms. The number of para-hydroxylation sites is 2. The highest BCUT2D eigenvalue weighted by atomic mass is 28.3. The summed E-state index contributed by atoms with van der Waals surface area (Å²) in [7, 11) is -3.05. The van der Waals surface area contributed by atoms with E-state index in [4.69, 9.17) is 0 Å². The average Bonchev–Trinajstić information content (AvgIpc) is 3.07. The highest BCUT2D eigenvalue weighted by Gasteiger charge is 2.43. The van der Waals surface area contributed by atoms with Crippen molar-refractivity contribution in [3.05, 3.63) is 115 Å². The van der Waals surface area contributed by atoms with Crippen LogP contribution in [0.2, 0.25) is 39.3 Å². The van der Waals surface area contributed by atoms with Gasteiger partial charge >= 0.3 is 0 Å². The van der Waals surface area contributed by atoms with Gasteiger partial charge in [0.05, 0.1) is 16.1 Å². The molecule has 8 rings (SSSR count). The SMILES string of the molecule is C[Si](C)(C)c1cccc(N2c3ccccc3B3c4ccccc4N(c4cccc([Si](C)(C)C)c4)c4cc(C5CCCCC5)cc2c43)c1. The van der Waals surface area contributed by atoms with Crippen LogP contribution in [0.3, 0.4) is 0 Å². The van der Waals surface area contributed by atoms with E-state index in [2.05, 4.69) is 158 Å². The molecule has 0 unspecified atom stereocenters. The predicted molar refractivity (Wildman–Crippen MR) is 212 cm³/mol. The third-order valence-electron chi connectivity index (χ3n) is 10.9. The minimum atomic E-state index is -1.52. The largest absolute Gasteiger partial charge is 0.311 e. The van der Waals surface area contributed by atoms with Crippen LogP contribution in [0.15, 0.2) is 109 Å². The van der Waals surface area contributed by atoms with E-state index in [9.17, 15) is 0 Å². The molecule has 0 spiro atoms. The van der Waals surface area contributed by atoms with E-state index in [0.717, 1.165) is 0 Å². The fourth-order valence-electron chi connectivity index (χ4n) is 8.37. The van der Waals surface area contributed by atoms with E-state index in [0.29, 0.717) is 5.92 Å². The third kappa shape index (κ3) is 5.23. The Labute approximate surface area is 284 Å². The molecule has 2 heterocycles. The van der Waals surface area contributed by atoms with Crippen LogP contribution < -0.4 is 36.6 Å². The van der Waals surface area contributed by atoms with Crippen LogP contribution in [0.1, 0.15) is 43.6 Å². The summed E-state index contributed by atoms with van der Waals surface area (Å²) in [5.41, 5.74) is 13.7. The Bertz CT molecular complexity index is 1850. The summed E-state index contributed by atoms with van der Waals surface area (Å²) in [4.78, 5) is 5.23. The smallest absolute Gasteiger partial charge is 0.252 e. The van der Waals surface area contributed by atoms with Gasteiger partial charge in [-0.3, -0.25) is 0 Å². The molecule has 5 aromatic rings. The monoisotopic (exact) mass is 646 g/mol. The molecule has 1 aliphatic carbocycles. The lowest BCUT2D eigenvalue weighted by Crippen LogP contribution is -2.61. The molecule has 0 N–H and O–H groups in total. The molecule has 2 aliphatic heterocycles. The quantitative estimate of drug-likeness (QED) is 0.172. The summed E-state index contributed by atoms with van der Waals surface area (Å²) in [6.45, 7) is 14.9. The van der Waals surface area contributed by atoms with Gasteiger partial charge < -0.3 is 9.80 Å². The van der Waals surface area contributed by atoms with Crippen molar-refractivity contribution in [3.63, 3.8) is 0 Å². The van der Waals surface area contributed by atoms with Gasteiger partial charge in [-0.1, -0.05) is 130 Å². The number of fused-ring (bicyclic) bond motifs is 4. The third-order valence-corrected chi connectivity index (χ3v) is 15.0. The summed E-state index contributed by atoms with van der Waals surface area (Å²) in [6.07, 6.45) is 6.59. The van der Waals surface area contributed by atoms with Crippen LogP contribution in [-0.2, 0) is 0 Å². The number of anilines is 6. The molecule has 0 aromatic heterocycles. The van der Waals surface area contributed by atoms with Crippen molar-refractivity contribution in [1.82, 2.24) is 0 Å². The van der Waals surface area contributed by atoms with Crippen LogP contribution in [0.4, 0.5) is 34.1 Å². The van der Waals surface area contributed by atoms with Gasteiger partial charge in [-0.2, -0.15) is 0 Å². The van der Waals surface area contributed by atoms with E-state index in [1.165, 1.54) is 98.6 Å². The molecule has 1 fully saturated rings. The fraction of sp³-hybridized carbons (Fsp3) is 0.286. The number of hydrogen-bond donors (Lipinski definition) is 0. The van der Waals surface area contributed by atoms with Crippen molar-refractivity contribution in [2.24, 2.45) is 0 Å². The van der Waals surface area contributed by atoms with Crippen LogP contribution in [0.25, 0.3) is 0 Å². The van der Waals surface area contributed by atoms with E-state index < -0.39 is 16.1 Å². The van der Waals surface area contributed by atoms with Gasteiger partial charge in [0, 0.05) is 34.1 Å². The number of nitrogens with zero attached hydrogens (tertiary/aromatic N) is 2. The first-order valence-electron chi connectivity index (χ1n) is 17.8. The van der Waals surface area contributed by atoms with Gasteiger partial charge in [-0.15, -0.1) is 0 Å². The number of benzene rings is 5. The maximum Gasteiger partial charge on any atom is 0.252 e. The van der Waals surface area contributed by atoms with E-state index >= 15 is 0 Å². The molecule has 0 saturated heterocycles. The lowest BCUT2D eigenvalue weighted by atomic mass is 9.33. The van der Waals surface area contributed by atoms with Gasteiger partial charge in [0.25, 0.3) is 6.71 Å². The zero-order valence-corrected chi connectivity index (χ0v) is 31.0. The zero-order chi connectivity index (χ0) is 32.5. The predicted octanol–water partition coefficient (Wildman–Crippen LogP) is 8.91. The number of hydrogen-bond acceptors (Lipinski definition) is 2. The van der Waals surface area contributed by atoms with Gasteiger partial charge in [-0.05, 0) is 89.2 Å². The molecule has 2 nitrogen and oxygen atoms in total. The van der Waals surface area contributed by atoms with Gasteiger partial charge in [0.2, 0.25) is 0 Å². The van der Waals surface area contributed by atoms with E-state index in [-0.39, 0.29) is 6.71 Å². The molecule has 3 aliphatic rings. The maximum absolute atomic E-state index is 2.62. The first kappa shape index (κ1) is 30.5. The average molecular weight is 647 g/mol. The zero-order valence-electron chi connectivity index (χ0n) is 29.0. The summed E-state index contributed by atoms with van der Waals surface area (Å²) in [6, 6.07) is 42.6. The van der Waals surface area contributed by atoms with E-state index in [1.54, 1.807) is 0 Å². The first-order chi connectivity index (χ1) is 22.6. The molecular formula is C42H47BN2Si2. The summed E-state index contributed by atoms with van der Waals surface area (Å²) >= 11 is 0. The Balaban J connectivity index is 1.45. The fourth-order valence-corrected chi connectivity index (χ4v) is 10.7. The van der Waals surface area contributed by atoms with Crippen LogP contribution in [-0.4, -0.2) is 22.9 Å². The lowest BCUT2D eigenvalue weighted by Gasteiger charge is -2.45.